The molecule has 4 nitrogen and oxygen atoms in total. The lowest BCUT2D eigenvalue weighted by Gasteiger charge is -1.97. The van der Waals surface area contributed by atoms with E-state index in [9.17, 15) is 14.9 Å². The van der Waals surface area contributed by atoms with Crippen LogP contribution < -0.4 is 0 Å². The number of ketones is 1. The highest BCUT2D eigenvalue weighted by Gasteiger charge is 2.16. The number of nitro groups is 1. The summed E-state index contributed by atoms with van der Waals surface area (Å²) in [5, 5.41) is 10.8. The summed E-state index contributed by atoms with van der Waals surface area (Å²) in [5.74, 6) is -0.363. The zero-order valence-corrected chi connectivity index (χ0v) is 11.0. The maximum atomic E-state index is 12.0. The number of para-hydroxylation sites is 1. The van der Waals surface area contributed by atoms with E-state index in [1.807, 2.05) is 19.1 Å². The first-order valence-corrected chi connectivity index (χ1v) is 6.42. The van der Waals surface area contributed by atoms with E-state index in [2.05, 4.69) is 0 Å². The zero-order valence-electron chi connectivity index (χ0n) is 10.2. The normalized spacial score (nSPS) is 10.8. The van der Waals surface area contributed by atoms with Crippen LogP contribution in [0, 0.1) is 17.0 Å². The number of carbonyl (C=O) groups excluding carboxylic acids is 1. The Morgan fingerprint density at radius 1 is 1.26 bits per heavy atom. The summed E-state index contributed by atoms with van der Waals surface area (Å²) in [6.07, 6.45) is 3.05. The molecular weight excluding hydrogens is 262 g/mol. The smallest absolute Gasteiger partial charge is 0.280 e. The molecule has 0 radical (unpaired) electrons. The van der Waals surface area contributed by atoms with E-state index in [0.717, 1.165) is 9.75 Å². The van der Waals surface area contributed by atoms with Gasteiger partial charge >= 0.3 is 0 Å². The molecule has 96 valence electrons. The van der Waals surface area contributed by atoms with Crippen molar-refractivity contribution < 1.29 is 9.72 Å². The van der Waals surface area contributed by atoms with E-state index in [-0.39, 0.29) is 17.0 Å². The predicted octanol–water partition coefficient (Wildman–Crippen LogP) is 3.86. The van der Waals surface area contributed by atoms with Crippen LogP contribution in [0.15, 0.2) is 42.5 Å². The Bertz CT molecular complexity index is 658. The van der Waals surface area contributed by atoms with E-state index < -0.39 is 4.92 Å². The van der Waals surface area contributed by atoms with Crippen molar-refractivity contribution in [1.82, 2.24) is 0 Å². The number of hydrogen-bond donors (Lipinski definition) is 0. The summed E-state index contributed by atoms with van der Waals surface area (Å²) < 4.78 is 0. The molecule has 0 bridgehead atoms. The van der Waals surface area contributed by atoms with Crippen molar-refractivity contribution in [2.45, 2.75) is 6.92 Å². The Morgan fingerprint density at radius 3 is 2.63 bits per heavy atom. The van der Waals surface area contributed by atoms with Gasteiger partial charge in [0.05, 0.1) is 10.5 Å². The van der Waals surface area contributed by atoms with Crippen LogP contribution in [0.25, 0.3) is 6.08 Å². The fraction of sp³-hybridized carbons (Fsp3) is 0.0714. The van der Waals surface area contributed by atoms with Gasteiger partial charge in [0, 0.05) is 15.8 Å². The van der Waals surface area contributed by atoms with Gasteiger partial charge in [-0.15, -0.1) is 11.3 Å². The lowest BCUT2D eigenvalue weighted by atomic mass is 10.1. The third kappa shape index (κ3) is 3.14. The minimum absolute atomic E-state index is 0.108. The van der Waals surface area contributed by atoms with Crippen molar-refractivity contribution in [3.8, 4) is 0 Å². The number of hydrogen-bond acceptors (Lipinski definition) is 4. The molecule has 0 saturated carbocycles. The number of carbonyl (C=O) groups is 1. The van der Waals surface area contributed by atoms with Crippen molar-refractivity contribution in [1.29, 1.82) is 0 Å². The molecule has 1 heterocycles. The van der Waals surface area contributed by atoms with Gasteiger partial charge in [0.15, 0.2) is 5.78 Å². The summed E-state index contributed by atoms with van der Waals surface area (Å²) in [4.78, 5) is 24.4. The molecule has 0 N–H and O–H groups in total. The second-order valence-corrected chi connectivity index (χ2v) is 5.24. The van der Waals surface area contributed by atoms with Gasteiger partial charge in [-0.3, -0.25) is 14.9 Å². The van der Waals surface area contributed by atoms with Gasteiger partial charge in [0.1, 0.15) is 0 Å². The van der Waals surface area contributed by atoms with E-state index in [0.29, 0.717) is 0 Å². The SMILES string of the molecule is Cc1ccc(/C=C/C(=O)c2ccccc2[N+](=O)[O-])s1. The lowest BCUT2D eigenvalue weighted by Crippen LogP contribution is -2.00. The molecule has 0 spiro atoms. The first-order chi connectivity index (χ1) is 9.08. The number of rotatable bonds is 4. The molecule has 2 aromatic rings. The number of aryl methyl sites for hydroxylation is 1. The fourth-order valence-electron chi connectivity index (χ4n) is 1.63. The molecule has 0 saturated heterocycles. The van der Waals surface area contributed by atoms with Crippen LogP contribution in [0.4, 0.5) is 5.69 Å². The Kier molecular flexibility index (Phi) is 3.87. The van der Waals surface area contributed by atoms with Gasteiger partial charge < -0.3 is 0 Å². The molecule has 0 aliphatic rings. The quantitative estimate of drug-likeness (QED) is 0.368. The van der Waals surface area contributed by atoms with Gasteiger partial charge in [0.25, 0.3) is 5.69 Å². The minimum Gasteiger partial charge on any atom is -0.289 e. The standard InChI is InChI=1S/C14H11NO3S/c1-10-6-7-11(19-10)8-9-14(16)12-4-2-3-5-13(12)15(17)18/h2-9H,1H3/b9-8+. The van der Waals surface area contributed by atoms with Crippen molar-refractivity contribution in [3.05, 3.63) is 67.9 Å². The minimum atomic E-state index is -0.545. The molecule has 0 aliphatic carbocycles. The number of benzene rings is 1. The second kappa shape index (κ2) is 5.58. The maximum Gasteiger partial charge on any atom is 0.280 e. The van der Waals surface area contributed by atoms with Crippen LogP contribution in [0.1, 0.15) is 20.1 Å². The van der Waals surface area contributed by atoms with Crippen LogP contribution in [-0.2, 0) is 0 Å². The Balaban J connectivity index is 2.25. The summed E-state index contributed by atoms with van der Waals surface area (Å²) in [6.45, 7) is 1.98. The summed E-state index contributed by atoms with van der Waals surface area (Å²) in [5.41, 5.74) is -0.0588. The van der Waals surface area contributed by atoms with Crippen LogP contribution >= 0.6 is 11.3 Å². The van der Waals surface area contributed by atoms with Crippen LogP contribution in [-0.4, -0.2) is 10.7 Å². The third-order valence-corrected chi connectivity index (χ3v) is 3.49. The van der Waals surface area contributed by atoms with Crippen LogP contribution in [0.3, 0.4) is 0 Å². The number of nitrogens with zero attached hydrogens (tertiary/aromatic N) is 1. The monoisotopic (exact) mass is 273 g/mol. The predicted molar refractivity (Wildman–Crippen MR) is 75.5 cm³/mol. The average Bonchev–Trinajstić information content (AvgIpc) is 2.81. The molecule has 2 rings (SSSR count). The molecule has 0 atom stereocenters. The molecular formula is C14H11NO3S. The lowest BCUT2D eigenvalue weighted by molar-refractivity contribution is -0.385. The van der Waals surface area contributed by atoms with E-state index in [1.54, 1.807) is 29.5 Å². The average molecular weight is 273 g/mol. The molecule has 0 amide bonds. The topological polar surface area (TPSA) is 60.2 Å². The van der Waals surface area contributed by atoms with Crippen molar-refractivity contribution in [2.75, 3.05) is 0 Å². The van der Waals surface area contributed by atoms with Crippen molar-refractivity contribution in [2.24, 2.45) is 0 Å². The number of allylic oxidation sites excluding steroid dienone is 1. The maximum absolute atomic E-state index is 12.0. The second-order valence-electron chi connectivity index (χ2n) is 3.92. The Hall–Kier alpha value is -2.27. The molecule has 1 aromatic carbocycles. The van der Waals surface area contributed by atoms with E-state index in [1.165, 1.54) is 18.2 Å². The van der Waals surface area contributed by atoms with Gasteiger partial charge in [-0.2, -0.15) is 0 Å². The Labute approximate surface area is 114 Å². The molecule has 5 heteroatoms. The van der Waals surface area contributed by atoms with Crippen molar-refractivity contribution in [3.63, 3.8) is 0 Å². The first kappa shape index (κ1) is 13.2. The van der Waals surface area contributed by atoms with Gasteiger partial charge in [-0.1, -0.05) is 12.1 Å². The highest BCUT2D eigenvalue weighted by Crippen LogP contribution is 2.20. The van der Waals surface area contributed by atoms with Gasteiger partial charge in [-0.05, 0) is 37.3 Å². The summed E-state index contributed by atoms with van der Waals surface area (Å²) in [7, 11) is 0. The molecule has 19 heavy (non-hydrogen) atoms. The number of nitro benzene ring substituents is 1. The summed E-state index contributed by atoms with van der Waals surface area (Å²) >= 11 is 1.56. The molecule has 0 fully saturated rings. The number of thiophene rings is 1. The van der Waals surface area contributed by atoms with E-state index >= 15 is 0 Å². The van der Waals surface area contributed by atoms with Gasteiger partial charge in [0.2, 0.25) is 0 Å². The highest BCUT2D eigenvalue weighted by molar-refractivity contribution is 7.12. The van der Waals surface area contributed by atoms with Crippen molar-refractivity contribution >= 4 is 28.9 Å². The van der Waals surface area contributed by atoms with Crippen LogP contribution in [0.2, 0.25) is 0 Å². The molecule has 0 unspecified atom stereocenters. The van der Waals surface area contributed by atoms with Crippen LogP contribution in [0.5, 0.6) is 0 Å². The largest absolute Gasteiger partial charge is 0.289 e. The van der Waals surface area contributed by atoms with E-state index in [4.69, 9.17) is 0 Å². The third-order valence-electron chi connectivity index (χ3n) is 2.53. The molecule has 0 aliphatic heterocycles. The first-order valence-electron chi connectivity index (χ1n) is 5.60. The highest BCUT2D eigenvalue weighted by atomic mass is 32.1. The zero-order chi connectivity index (χ0) is 13.8. The molecule has 1 aromatic heterocycles. The van der Waals surface area contributed by atoms with Gasteiger partial charge in [-0.25, -0.2) is 0 Å². The fourth-order valence-corrected chi connectivity index (χ4v) is 2.41. The summed E-state index contributed by atoms with van der Waals surface area (Å²) in [6, 6.07) is 9.81. The Morgan fingerprint density at radius 2 is 2.00 bits per heavy atom.